The number of rotatable bonds is 4. The molecule has 4 rings (SSSR count). The molecular weight excluding hydrogens is 335 g/mol. The number of aromatic nitrogens is 1. The Morgan fingerprint density at radius 3 is 2.58 bits per heavy atom. The molecule has 138 valence electrons. The van der Waals surface area contributed by atoms with Gasteiger partial charge < -0.3 is 10.8 Å². The molecule has 2 saturated carbocycles. The van der Waals surface area contributed by atoms with Gasteiger partial charge in [0.25, 0.3) is 5.56 Å². The number of carbonyl (C=O) groups is 1. The van der Waals surface area contributed by atoms with Crippen molar-refractivity contribution in [3.05, 3.63) is 50.7 Å². The van der Waals surface area contributed by atoms with Crippen LogP contribution in [-0.4, -0.2) is 22.0 Å². The lowest BCUT2D eigenvalue weighted by atomic mass is 9.90. The molecule has 0 saturated heterocycles. The second kappa shape index (κ2) is 6.20. The van der Waals surface area contributed by atoms with Gasteiger partial charge in [0.15, 0.2) is 0 Å². The highest BCUT2D eigenvalue weighted by Crippen LogP contribution is 2.45. The highest BCUT2D eigenvalue weighted by Gasteiger charge is 2.33. The largest absolute Gasteiger partial charge is 0.477 e. The molecule has 0 bridgehead atoms. The monoisotopic (exact) mass is 358 g/mol. The van der Waals surface area contributed by atoms with E-state index in [1.54, 1.807) is 0 Å². The van der Waals surface area contributed by atoms with Crippen molar-refractivity contribution in [3.8, 4) is 0 Å². The fourth-order valence-corrected chi connectivity index (χ4v) is 4.58. The quantitative estimate of drug-likeness (QED) is 0.879. The summed E-state index contributed by atoms with van der Waals surface area (Å²) in [6.07, 6.45) is 5.88. The summed E-state index contributed by atoms with van der Waals surface area (Å²) >= 11 is 0. The normalized spacial score (nSPS) is 22.9. The zero-order valence-corrected chi connectivity index (χ0v) is 14.8. The number of nitrogens with zero attached hydrogens (tertiary/aromatic N) is 1. The minimum Gasteiger partial charge on any atom is -0.477 e. The summed E-state index contributed by atoms with van der Waals surface area (Å²) in [6, 6.07) is 1.50. The van der Waals surface area contributed by atoms with Crippen molar-refractivity contribution < 1.29 is 14.3 Å². The summed E-state index contributed by atoms with van der Waals surface area (Å²) in [4.78, 5) is 24.1. The van der Waals surface area contributed by atoms with Crippen LogP contribution in [0, 0.1) is 18.7 Å². The maximum Gasteiger partial charge on any atom is 0.341 e. The zero-order valence-electron chi connectivity index (χ0n) is 14.8. The number of aromatic carboxylic acids is 1. The first-order valence-electron chi connectivity index (χ1n) is 9.24. The van der Waals surface area contributed by atoms with Crippen LogP contribution in [0.25, 0.3) is 5.52 Å². The van der Waals surface area contributed by atoms with Gasteiger partial charge in [-0.1, -0.05) is 0 Å². The van der Waals surface area contributed by atoms with E-state index in [0.717, 1.165) is 43.2 Å². The minimum atomic E-state index is -1.27. The van der Waals surface area contributed by atoms with Crippen molar-refractivity contribution in [3.63, 3.8) is 0 Å². The van der Waals surface area contributed by atoms with E-state index in [2.05, 4.69) is 0 Å². The Balaban J connectivity index is 1.97. The van der Waals surface area contributed by atoms with E-state index < -0.39 is 17.3 Å². The molecule has 2 aliphatic carbocycles. The van der Waals surface area contributed by atoms with Gasteiger partial charge >= 0.3 is 5.97 Å². The number of hydrogen-bond acceptors (Lipinski definition) is 3. The first kappa shape index (κ1) is 17.2. The lowest BCUT2D eigenvalue weighted by Crippen LogP contribution is -2.24. The van der Waals surface area contributed by atoms with E-state index in [4.69, 9.17) is 5.73 Å². The smallest absolute Gasteiger partial charge is 0.341 e. The van der Waals surface area contributed by atoms with Crippen molar-refractivity contribution in [2.24, 2.45) is 11.7 Å². The molecule has 2 fully saturated rings. The van der Waals surface area contributed by atoms with Crippen LogP contribution in [0.15, 0.2) is 17.1 Å². The molecule has 2 heterocycles. The van der Waals surface area contributed by atoms with E-state index >= 15 is 0 Å². The van der Waals surface area contributed by atoms with Crippen molar-refractivity contribution in [2.45, 2.75) is 50.9 Å². The summed E-state index contributed by atoms with van der Waals surface area (Å²) in [5.74, 6) is -0.926. The number of halogens is 1. The molecule has 0 aliphatic heterocycles. The molecule has 3 N–H and O–H groups in total. The number of carboxylic acids is 1. The number of nitrogens with two attached hydrogens (primary N) is 1. The molecule has 2 atom stereocenters. The average Bonchev–Trinajstić information content (AvgIpc) is 3.33. The predicted octanol–water partition coefficient (Wildman–Crippen LogP) is 3.17. The second-order valence-electron chi connectivity index (χ2n) is 7.74. The van der Waals surface area contributed by atoms with Crippen molar-refractivity contribution >= 4 is 11.5 Å². The maximum absolute atomic E-state index is 15.0. The number of pyridine rings is 2. The molecule has 0 aromatic carbocycles. The van der Waals surface area contributed by atoms with Crippen LogP contribution in [-0.2, 0) is 0 Å². The number of aryl methyl sites for hydroxylation is 1. The molecule has 0 amide bonds. The first-order valence-corrected chi connectivity index (χ1v) is 9.24. The molecule has 26 heavy (non-hydrogen) atoms. The van der Waals surface area contributed by atoms with Crippen LogP contribution >= 0.6 is 0 Å². The van der Waals surface area contributed by atoms with E-state index in [9.17, 15) is 19.1 Å². The number of fused-ring (bicyclic) bond motifs is 1. The van der Waals surface area contributed by atoms with Gasteiger partial charge in [-0.2, -0.15) is 0 Å². The summed E-state index contributed by atoms with van der Waals surface area (Å²) in [7, 11) is 0. The fraction of sp³-hybridized carbons (Fsp3) is 0.500. The van der Waals surface area contributed by atoms with Crippen LogP contribution in [0.4, 0.5) is 4.39 Å². The predicted molar refractivity (Wildman–Crippen MR) is 96.4 cm³/mol. The van der Waals surface area contributed by atoms with Gasteiger partial charge in [-0.15, -0.1) is 0 Å². The van der Waals surface area contributed by atoms with Gasteiger partial charge in [-0.25, -0.2) is 9.18 Å². The summed E-state index contributed by atoms with van der Waals surface area (Å²) in [6.45, 7) is 2.47. The molecular formula is C20H23FN2O3. The molecule has 6 heteroatoms. The number of hydrogen-bond donors (Lipinski definition) is 2. The standard InChI is InChI=1S/C20H23FN2O3/c1-10-17(13-3-2-11(6-13)8-22)16(21)9-23-18(10)14(12-4-5-12)7-15(19(23)24)20(25)26/h7,9,11-13H,2-6,8,22H2,1H3,(H,25,26)/t11-,13?/m1/s1. The summed E-state index contributed by atoms with van der Waals surface area (Å²) in [5, 5.41) is 9.35. The van der Waals surface area contributed by atoms with Crippen molar-refractivity contribution in [1.82, 2.24) is 4.40 Å². The highest BCUT2D eigenvalue weighted by atomic mass is 19.1. The van der Waals surface area contributed by atoms with E-state index in [1.807, 2.05) is 6.92 Å². The average molecular weight is 358 g/mol. The lowest BCUT2D eigenvalue weighted by Gasteiger charge is -2.20. The molecule has 0 spiro atoms. The molecule has 5 nitrogen and oxygen atoms in total. The zero-order chi connectivity index (χ0) is 18.6. The van der Waals surface area contributed by atoms with Crippen molar-refractivity contribution in [1.29, 1.82) is 0 Å². The Morgan fingerprint density at radius 1 is 1.31 bits per heavy atom. The Hall–Kier alpha value is -2.21. The topological polar surface area (TPSA) is 84.8 Å². The van der Waals surface area contributed by atoms with Crippen molar-refractivity contribution in [2.75, 3.05) is 6.54 Å². The minimum absolute atomic E-state index is 0.106. The summed E-state index contributed by atoms with van der Waals surface area (Å²) in [5.41, 5.74) is 7.81. The van der Waals surface area contributed by atoms with E-state index in [0.29, 0.717) is 23.5 Å². The highest BCUT2D eigenvalue weighted by molar-refractivity contribution is 5.88. The van der Waals surface area contributed by atoms with Gasteiger partial charge in [-0.3, -0.25) is 9.20 Å². The molecule has 2 aromatic heterocycles. The molecule has 0 radical (unpaired) electrons. The van der Waals surface area contributed by atoms with Gasteiger partial charge in [0, 0.05) is 6.20 Å². The molecule has 2 aromatic rings. The van der Waals surface area contributed by atoms with Gasteiger partial charge in [0.05, 0.1) is 5.52 Å². The Morgan fingerprint density at radius 2 is 2.00 bits per heavy atom. The van der Waals surface area contributed by atoms with Crippen LogP contribution < -0.4 is 11.3 Å². The van der Waals surface area contributed by atoms with Crippen LogP contribution in [0.5, 0.6) is 0 Å². The molecule has 2 aliphatic rings. The third-order valence-corrected chi connectivity index (χ3v) is 6.05. The Labute approximate surface area is 150 Å². The Bertz CT molecular complexity index is 962. The SMILES string of the molecule is Cc1c(C2CC[C@@H](CN)C2)c(F)cn2c(=O)c(C(=O)O)cc(C3CC3)c12. The fourth-order valence-electron chi connectivity index (χ4n) is 4.58. The van der Waals surface area contributed by atoms with Gasteiger partial charge in [0.2, 0.25) is 0 Å². The maximum atomic E-state index is 15.0. The Kier molecular flexibility index (Phi) is 4.10. The second-order valence-corrected chi connectivity index (χ2v) is 7.74. The molecule has 1 unspecified atom stereocenters. The van der Waals surface area contributed by atoms with E-state index in [1.165, 1.54) is 16.7 Å². The first-order chi connectivity index (χ1) is 12.4. The van der Waals surface area contributed by atoms with Crippen LogP contribution in [0.1, 0.15) is 71.0 Å². The third-order valence-electron chi connectivity index (χ3n) is 6.05. The van der Waals surface area contributed by atoms with E-state index in [-0.39, 0.29) is 17.4 Å². The number of carboxylic acid groups (broad SMARTS) is 1. The lowest BCUT2D eigenvalue weighted by molar-refractivity contribution is 0.0694. The van der Waals surface area contributed by atoms with Crippen LogP contribution in [0.3, 0.4) is 0 Å². The van der Waals surface area contributed by atoms with Gasteiger partial charge in [0.1, 0.15) is 11.4 Å². The third kappa shape index (κ3) is 2.63. The van der Waals surface area contributed by atoms with Crippen LogP contribution in [0.2, 0.25) is 0 Å². The van der Waals surface area contributed by atoms with Gasteiger partial charge in [-0.05, 0) is 86.1 Å². The summed E-state index contributed by atoms with van der Waals surface area (Å²) < 4.78 is 16.2.